The van der Waals surface area contributed by atoms with Crippen molar-refractivity contribution in [2.24, 2.45) is 5.92 Å². The molecule has 0 unspecified atom stereocenters. The molecule has 0 bridgehead atoms. The molecule has 3 heterocycles. The fourth-order valence-electron chi connectivity index (χ4n) is 3.91. The Bertz CT molecular complexity index is 1010. The molecule has 5 nitrogen and oxygen atoms in total. The van der Waals surface area contributed by atoms with Crippen molar-refractivity contribution >= 4 is 11.0 Å². The van der Waals surface area contributed by atoms with E-state index in [9.17, 15) is 9.90 Å². The smallest absolute Gasteiger partial charge is 0.336 e. The molecule has 0 amide bonds. The van der Waals surface area contributed by atoms with Crippen LogP contribution in [0.15, 0.2) is 51.8 Å². The Balaban J connectivity index is 1.56. The van der Waals surface area contributed by atoms with E-state index in [4.69, 9.17) is 4.42 Å². The molecule has 0 aliphatic carbocycles. The zero-order chi connectivity index (χ0) is 19.0. The van der Waals surface area contributed by atoms with Crippen LogP contribution < -0.4 is 5.63 Å². The second-order valence-electron chi connectivity index (χ2n) is 7.57. The highest BCUT2D eigenvalue weighted by atomic mass is 16.4. The minimum Gasteiger partial charge on any atom is -0.423 e. The molecule has 3 aromatic rings. The molecule has 0 spiro atoms. The van der Waals surface area contributed by atoms with E-state index in [1.54, 1.807) is 12.3 Å². The van der Waals surface area contributed by atoms with Gasteiger partial charge in [-0.2, -0.15) is 0 Å². The van der Waals surface area contributed by atoms with Crippen LogP contribution in [0.2, 0.25) is 0 Å². The van der Waals surface area contributed by atoms with Crippen LogP contribution in [-0.4, -0.2) is 34.2 Å². The van der Waals surface area contributed by atoms with Gasteiger partial charge in [0, 0.05) is 48.9 Å². The number of pyridine rings is 1. The van der Waals surface area contributed by atoms with Crippen molar-refractivity contribution in [3.8, 4) is 0 Å². The van der Waals surface area contributed by atoms with E-state index in [0.29, 0.717) is 18.7 Å². The van der Waals surface area contributed by atoms with Crippen LogP contribution in [0.4, 0.5) is 0 Å². The lowest BCUT2D eigenvalue weighted by Gasteiger charge is -2.17. The van der Waals surface area contributed by atoms with Crippen molar-refractivity contribution in [1.82, 2.24) is 9.88 Å². The van der Waals surface area contributed by atoms with E-state index < -0.39 is 0 Å². The standard InChI is InChI=1S/C22H24N2O3/c1-14-7-19-16(10-22(26)27-21(19)8-15(14)2)11-24-12-17(20(25)13-24)9-18-5-3-4-6-23-18/h3-8,10,17,20,25H,9,11-13H2,1-2H3/t17-,20-/m1/s1. The van der Waals surface area contributed by atoms with E-state index in [1.807, 2.05) is 31.2 Å². The van der Waals surface area contributed by atoms with E-state index in [1.165, 1.54) is 5.56 Å². The maximum absolute atomic E-state index is 12.0. The van der Waals surface area contributed by atoms with Crippen molar-refractivity contribution in [2.75, 3.05) is 13.1 Å². The number of aliphatic hydroxyl groups is 1. The second kappa shape index (κ2) is 7.25. The number of aryl methyl sites for hydroxylation is 2. The monoisotopic (exact) mass is 364 g/mol. The molecule has 1 saturated heterocycles. The van der Waals surface area contributed by atoms with Crippen LogP contribution in [0.1, 0.15) is 22.4 Å². The third-order valence-electron chi connectivity index (χ3n) is 5.52. The molecule has 5 heteroatoms. The predicted molar refractivity (Wildman–Crippen MR) is 105 cm³/mol. The van der Waals surface area contributed by atoms with Gasteiger partial charge in [-0.05, 0) is 61.2 Å². The summed E-state index contributed by atoms with van der Waals surface area (Å²) in [5.41, 5.74) is 4.54. The first-order valence-electron chi connectivity index (χ1n) is 9.34. The number of likely N-dealkylation sites (tertiary alicyclic amines) is 1. The summed E-state index contributed by atoms with van der Waals surface area (Å²) >= 11 is 0. The zero-order valence-corrected chi connectivity index (χ0v) is 15.7. The third-order valence-corrected chi connectivity index (χ3v) is 5.52. The largest absolute Gasteiger partial charge is 0.423 e. The lowest BCUT2D eigenvalue weighted by atomic mass is 10.00. The van der Waals surface area contributed by atoms with Crippen molar-refractivity contribution in [2.45, 2.75) is 32.9 Å². The Hall–Kier alpha value is -2.50. The molecular formula is C22H24N2O3. The number of aliphatic hydroxyl groups excluding tert-OH is 1. The number of benzene rings is 1. The normalized spacial score (nSPS) is 20.4. The summed E-state index contributed by atoms with van der Waals surface area (Å²) < 4.78 is 5.39. The average molecular weight is 364 g/mol. The van der Waals surface area contributed by atoms with Crippen LogP contribution in [0.5, 0.6) is 0 Å². The molecule has 0 radical (unpaired) electrons. The molecule has 1 N–H and O–H groups in total. The summed E-state index contributed by atoms with van der Waals surface area (Å²) in [6, 6.07) is 11.5. The topological polar surface area (TPSA) is 66.6 Å². The average Bonchev–Trinajstić information content (AvgIpc) is 2.96. The van der Waals surface area contributed by atoms with Gasteiger partial charge in [-0.1, -0.05) is 6.07 Å². The van der Waals surface area contributed by atoms with Crippen LogP contribution in [0.25, 0.3) is 11.0 Å². The highest BCUT2D eigenvalue weighted by molar-refractivity contribution is 5.81. The van der Waals surface area contributed by atoms with E-state index in [0.717, 1.165) is 35.2 Å². The van der Waals surface area contributed by atoms with Gasteiger partial charge in [-0.3, -0.25) is 9.88 Å². The summed E-state index contributed by atoms with van der Waals surface area (Å²) in [6.07, 6.45) is 2.16. The maximum atomic E-state index is 12.0. The number of hydrogen-bond acceptors (Lipinski definition) is 5. The quantitative estimate of drug-likeness (QED) is 0.721. The Labute approximate surface area is 158 Å². The van der Waals surface area contributed by atoms with Gasteiger partial charge in [-0.15, -0.1) is 0 Å². The van der Waals surface area contributed by atoms with Crippen LogP contribution in [-0.2, 0) is 13.0 Å². The van der Waals surface area contributed by atoms with Gasteiger partial charge in [0.15, 0.2) is 0 Å². The fourth-order valence-corrected chi connectivity index (χ4v) is 3.91. The van der Waals surface area contributed by atoms with Crippen LogP contribution >= 0.6 is 0 Å². The Kier molecular flexibility index (Phi) is 4.81. The number of fused-ring (bicyclic) bond motifs is 1. The summed E-state index contributed by atoms with van der Waals surface area (Å²) in [4.78, 5) is 18.6. The molecule has 2 aromatic heterocycles. The molecule has 4 rings (SSSR count). The number of hydrogen-bond donors (Lipinski definition) is 1. The van der Waals surface area contributed by atoms with Crippen LogP contribution in [0, 0.1) is 19.8 Å². The second-order valence-corrected chi connectivity index (χ2v) is 7.57. The molecule has 1 aromatic carbocycles. The SMILES string of the molecule is Cc1cc2oc(=O)cc(CN3C[C@@H](Cc4ccccn4)[C@H](O)C3)c2cc1C. The lowest BCUT2D eigenvalue weighted by molar-refractivity contribution is 0.140. The maximum Gasteiger partial charge on any atom is 0.336 e. The molecule has 1 aliphatic heterocycles. The summed E-state index contributed by atoms with van der Waals surface area (Å²) in [7, 11) is 0. The minimum atomic E-state index is -0.387. The Morgan fingerprint density at radius 2 is 2.00 bits per heavy atom. The molecule has 2 atom stereocenters. The predicted octanol–water partition coefficient (Wildman–Crippen LogP) is 2.84. The van der Waals surface area contributed by atoms with E-state index in [2.05, 4.69) is 22.9 Å². The third kappa shape index (κ3) is 3.80. The first-order valence-corrected chi connectivity index (χ1v) is 9.34. The highest BCUT2D eigenvalue weighted by Crippen LogP contribution is 2.26. The van der Waals surface area contributed by atoms with Gasteiger partial charge in [-0.25, -0.2) is 4.79 Å². The first kappa shape index (κ1) is 17.9. The molecule has 1 aliphatic rings. The summed E-state index contributed by atoms with van der Waals surface area (Å²) in [5, 5.41) is 11.5. The molecular weight excluding hydrogens is 340 g/mol. The zero-order valence-electron chi connectivity index (χ0n) is 15.7. The lowest BCUT2D eigenvalue weighted by Crippen LogP contribution is -2.22. The Morgan fingerprint density at radius 1 is 1.19 bits per heavy atom. The number of β-amino-alcohol motifs (C(OH)–C–C–N with tert-alkyl or cyclic N) is 1. The van der Waals surface area contributed by atoms with Crippen molar-refractivity contribution in [3.63, 3.8) is 0 Å². The number of aromatic nitrogens is 1. The van der Waals surface area contributed by atoms with E-state index >= 15 is 0 Å². The van der Waals surface area contributed by atoms with Crippen molar-refractivity contribution in [1.29, 1.82) is 0 Å². The molecule has 0 saturated carbocycles. The first-order chi connectivity index (χ1) is 13.0. The highest BCUT2D eigenvalue weighted by Gasteiger charge is 2.31. The summed E-state index contributed by atoms with van der Waals surface area (Å²) in [5.74, 6) is 0.148. The van der Waals surface area contributed by atoms with Gasteiger partial charge >= 0.3 is 5.63 Å². The van der Waals surface area contributed by atoms with Crippen molar-refractivity contribution in [3.05, 3.63) is 75.4 Å². The van der Waals surface area contributed by atoms with Gasteiger partial charge in [0.1, 0.15) is 5.58 Å². The van der Waals surface area contributed by atoms with Gasteiger partial charge in [0.25, 0.3) is 0 Å². The molecule has 1 fully saturated rings. The van der Waals surface area contributed by atoms with E-state index in [-0.39, 0.29) is 17.6 Å². The van der Waals surface area contributed by atoms with Gasteiger partial charge < -0.3 is 9.52 Å². The van der Waals surface area contributed by atoms with Gasteiger partial charge in [0.2, 0.25) is 0 Å². The molecule has 27 heavy (non-hydrogen) atoms. The fraction of sp³-hybridized carbons (Fsp3) is 0.364. The number of nitrogens with zero attached hydrogens (tertiary/aromatic N) is 2. The van der Waals surface area contributed by atoms with Gasteiger partial charge in [0.05, 0.1) is 6.10 Å². The molecule has 140 valence electrons. The summed E-state index contributed by atoms with van der Waals surface area (Å²) in [6.45, 7) is 6.08. The Morgan fingerprint density at radius 3 is 2.78 bits per heavy atom. The van der Waals surface area contributed by atoms with Crippen molar-refractivity contribution < 1.29 is 9.52 Å². The van der Waals surface area contributed by atoms with Crippen LogP contribution in [0.3, 0.4) is 0 Å². The minimum absolute atomic E-state index is 0.148. The number of rotatable bonds is 4.